The Morgan fingerprint density at radius 2 is 2.22 bits per heavy atom. The Balaban J connectivity index is 2.88. The molecule has 0 bridgehead atoms. The smallest absolute Gasteiger partial charge is 0.0538 e. The summed E-state index contributed by atoms with van der Waals surface area (Å²) in [5, 5.41) is 13.2. The van der Waals surface area contributed by atoms with Crippen molar-refractivity contribution in [2.24, 2.45) is 12.8 Å². The summed E-state index contributed by atoms with van der Waals surface area (Å²) in [4.78, 5) is 2.32. The Bertz CT molecular complexity index is 339. The third-order valence-corrected chi connectivity index (χ3v) is 3.35. The topological polar surface area (TPSA) is 67.3 Å². The zero-order valence-electron chi connectivity index (χ0n) is 11.7. The van der Waals surface area contributed by atoms with E-state index in [-0.39, 0.29) is 18.7 Å². The number of aliphatic hydroxyl groups is 1. The van der Waals surface area contributed by atoms with E-state index in [1.165, 1.54) is 0 Å². The van der Waals surface area contributed by atoms with Gasteiger partial charge in [0, 0.05) is 38.0 Å². The van der Waals surface area contributed by atoms with Gasteiger partial charge < -0.3 is 10.8 Å². The van der Waals surface area contributed by atoms with E-state index in [0.717, 1.165) is 31.5 Å². The van der Waals surface area contributed by atoms with Gasteiger partial charge in [0.1, 0.15) is 0 Å². The molecule has 1 aromatic rings. The van der Waals surface area contributed by atoms with Crippen molar-refractivity contribution in [3.8, 4) is 0 Å². The second-order valence-electron chi connectivity index (χ2n) is 4.67. The molecule has 104 valence electrons. The Kier molecular flexibility index (Phi) is 6.32. The lowest BCUT2D eigenvalue weighted by Gasteiger charge is -2.34. The van der Waals surface area contributed by atoms with Gasteiger partial charge in [-0.25, -0.2) is 0 Å². The van der Waals surface area contributed by atoms with Crippen molar-refractivity contribution in [3.63, 3.8) is 0 Å². The molecule has 3 N–H and O–H groups in total. The van der Waals surface area contributed by atoms with Crippen molar-refractivity contribution in [2.75, 3.05) is 19.7 Å². The van der Waals surface area contributed by atoms with Crippen LogP contribution in [0.4, 0.5) is 0 Å². The summed E-state index contributed by atoms with van der Waals surface area (Å²) < 4.78 is 1.81. The second kappa shape index (κ2) is 7.51. The minimum atomic E-state index is 0.0906. The van der Waals surface area contributed by atoms with Crippen LogP contribution in [0.2, 0.25) is 0 Å². The third-order valence-electron chi connectivity index (χ3n) is 3.35. The van der Waals surface area contributed by atoms with Gasteiger partial charge in [-0.2, -0.15) is 5.10 Å². The molecular formula is C13H26N4O. The number of aromatic nitrogens is 2. The van der Waals surface area contributed by atoms with Crippen LogP contribution in [0.1, 0.15) is 38.3 Å². The van der Waals surface area contributed by atoms with Crippen LogP contribution in [0.5, 0.6) is 0 Å². The van der Waals surface area contributed by atoms with E-state index in [0.29, 0.717) is 0 Å². The van der Waals surface area contributed by atoms with Gasteiger partial charge in [0.25, 0.3) is 0 Å². The monoisotopic (exact) mass is 254 g/mol. The molecule has 1 aromatic heterocycles. The highest BCUT2D eigenvalue weighted by Crippen LogP contribution is 2.24. The minimum absolute atomic E-state index is 0.0906. The lowest BCUT2D eigenvalue weighted by molar-refractivity contribution is 0.159. The average molecular weight is 254 g/mol. The normalized spacial score (nSPS) is 15.0. The van der Waals surface area contributed by atoms with Gasteiger partial charge in [-0.15, -0.1) is 0 Å². The highest BCUT2D eigenvalue weighted by Gasteiger charge is 2.25. The van der Waals surface area contributed by atoms with Gasteiger partial charge in [-0.3, -0.25) is 9.58 Å². The van der Waals surface area contributed by atoms with Crippen molar-refractivity contribution in [1.82, 2.24) is 14.7 Å². The van der Waals surface area contributed by atoms with E-state index >= 15 is 0 Å². The molecule has 2 unspecified atom stereocenters. The standard InChI is InChI=1S/C13H26N4O/c1-4-12(14)13(11-9-15-16(3)10-11)17(5-2)7-6-8-18/h9-10,12-13,18H,4-8,14H2,1-3H3. The summed E-state index contributed by atoms with van der Waals surface area (Å²) in [6.45, 7) is 6.24. The Labute approximate surface area is 110 Å². The Morgan fingerprint density at radius 1 is 1.50 bits per heavy atom. The van der Waals surface area contributed by atoms with Crippen LogP contribution >= 0.6 is 0 Å². The highest BCUT2D eigenvalue weighted by atomic mass is 16.3. The number of aliphatic hydroxyl groups excluding tert-OH is 1. The molecule has 0 saturated heterocycles. The lowest BCUT2D eigenvalue weighted by atomic mass is 9.99. The molecule has 0 aliphatic heterocycles. The van der Waals surface area contributed by atoms with Crippen molar-refractivity contribution in [1.29, 1.82) is 0 Å². The molecule has 1 heterocycles. The lowest BCUT2D eigenvalue weighted by Crippen LogP contribution is -2.41. The van der Waals surface area contributed by atoms with Crippen molar-refractivity contribution >= 4 is 0 Å². The molecule has 18 heavy (non-hydrogen) atoms. The average Bonchev–Trinajstić information content (AvgIpc) is 2.79. The predicted octanol–water partition coefficient (Wildman–Crippen LogP) is 0.903. The van der Waals surface area contributed by atoms with E-state index in [4.69, 9.17) is 10.8 Å². The first-order valence-corrected chi connectivity index (χ1v) is 6.73. The molecule has 0 fully saturated rings. The van der Waals surface area contributed by atoms with Crippen LogP contribution in [-0.2, 0) is 7.05 Å². The van der Waals surface area contributed by atoms with Crippen LogP contribution in [0.25, 0.3) is 0 Å². The van der Waals surface area contributed by atoms with Crippen LogP contribution in [0, 0.1) is 0 Å². The third kappa shape index (κ3) is 3.80. The maximum Gasteiger partial charge on any atom is 0.0538 e. The highest BCUT2D eigenvalue weighted by molar-refractivity contribution is 5.13. The Hall–Kier alpha value is -0.910. The van der Waals surface area contributed by atoms with E-state index in [2.05, 4.69) is 23.8 Å². The van der Waals surface area contributed by atoms with Gasteiger partial charge in [-0.1, -0.05) is 13.8 Å². The molecule has 5 nitrogen and oxygen atoms in total. The molecule has 0 amide bonds. The van der Waals surface area contributed by atoms with Crippen molar-refractivity contribution in [2.45, 2.75) is 38.8 Å². The molecule has 0 aliphatic rings. The molecule has 0 aromatic carbocycles. The number of rotatable bonds is 8. The fourth-order valence-electron chi connectivity index (χ4n) is 2.31. The van der Waals surface area contributed by atoms with Crippen LogP contribution in [0.15, 0.2) is 12.4 Å². The predicted molar refractivity (Wildman–Crippen MR) is 73.2 cm³/mol. The molecule has 0 aliphatic carbocycles. The molecule has 0 radical (unpaired) electrons. The van der Waals surface area contributed by atoms with Gasteiger partial charge in [-0.05, 0) is 19.4 Å². The number of aryl methyl sites for hydroxylation is 1. The fourth-order valence-corrected chi connectivity index (χ4v) is 2.31. The number of hydrogen-bond acceptors (Lipinski definition) is 4. The maximum absolute atomic E-state index is 8.99. The molecule has 2 atom stereocenters. The maximum atomic E-state index is 8.99. The zero-order valence-corrected chi connectivity index (χ0v) is 11.7. The zero-order chi connectivity index (χ0) is 13.5. The van der Waals surface area contributed by atoms with E-state index < -0.39 is 0 Å². The van der Waals surface area contributed by atoms with Gasteiger partial charge in [0.2, 0.25) is 0 Å². The minimum Gasteiger partial charge on any atom is -0.396 e. The largest absolute Gasteiger partial charge is 0.396 e. The van der Waals surface area contributed by atoms with Crippen molar-refractivity contribution < 1.29 is 5.11 Å². The second-order valence-corrected chi connectivity index (χ2v) is 4.67. The SMILES string of the molecule is CCC(N)C(c1cnn(C)c1)N(CC)CCCO. The molecule has 5 heteroatoms. The van der Waals surface area contributed by atoms with E-state index in [1.807, 2.05) is 24.1 Å². The molecular weight excluding hydrogens is 228 g/mol. The summed E-state index contributed by atoms with van der Waals surface area (Å²) in [7, 11) is 1.92. The number of hydrogen-bond donors (Lipinski definition) is 2. The number of nitrogens with zero attached hydrogens (tertiary/aromatic N) is 3. The van der Waals surface area contributed by atoms with Crippen molar-refractivity contribution in [3.05, 3.63) is 18.0 Å². The summed E-state index contributed by atoms with van der Waals surface area (Å²) in [5.74, 6) is 0. The summed E-state index contributed by atoms with van der Waals surface area (Å²) in [6.07, 6.45) is 5.62. The number of likely N-dealkylation sites (N-methyl/N-ethyl adjacent to an activating group) is 1. The van der Waals surface area contributed by atoms with E-state index in [9.17, 15) is 0 Å². The van der Waals surface area contributed by atoms with E-state index in [1.54, 1.807) is 0 Å². The summed E-state index contributed by atoms with van der Waals surface area (Å²) >= 11 is 0. The number of nitrogens with two attached hydrogens (primary N) is 1. The van der Waals surface area contributed by atoms with Gasteiger partial charge >= 0.3 is 0 Å². The first-order valence-electron chi connectivity index (χ1n) is 6.73. The summed E-state index contributed by atoms with van der Waals surface area (Å²) in [6, 6.07) is 0.271. The Morgan fingerprint density at radius 3 is 2.67 bits per heavy atom. The molecule has 0 spiro atoms. The fraction of sp³-hybridized carbons (Fsp3) is 0.769. The van der Waals surface area contributed by atoms with Gasteiger partial charge in [0.15, 0.2) is 0 Å². The quantitative estimate of drug-likeness (QED) is 0.723. The van der Waals surface area contributed by atoms with Crippen LogP contribution in [-0.4, -0.2) is 45.5 Å². The van der Waals surface area contributed by atoms with Crippen LogP contribution in [0.3, 0.4) is 0 Å². The van der Waals surface area contributed by atoms with Crippen LogP contribution < -0.4 is 5.73 Å². The van der Waals surface area contributed by atoms with Gasteiger partial charge in [0.05, 0.1) is 12.2 Å². The summed E-state index contributed by atoms with van der Waals surface area (Å²) in [5.41, 5.74) is 7.42. The first-order chi connectivity index (χ1) is 8.63. The molecule has 1 rings (SSSR count). The molecule has 0 saturated carbocycles. The first kappa shape index (κ1) is 15.1.